The molecule has 150 valence electrons. The van der Waals surface area contributed by atoms with Crippen LogP contribution < -0.4 is 4.90 Å². The quantitative estimate of drug-likeness (QED) is 0.659. The number of carbonyl (C=O) groups excluding carboxylic acids is 1. The number of carbonyl (C=O) groups is 1. The molecule has 0 saturated carbocycles. The lowest BCUT2D eigenvalue weighted by atomic mass is 9.96. The number of benzene rings is 2. The van der Waals surface area contributed by atoms with E-state index in [9.17, 15) is 4.79 Å². The molecule has 5 heteroatoms. The van der Waals surface area contributed by atoms with Gasteiger partial charge in [-0.15, -0.1) is 0 Å². The largest absolute Gasteiger partial charge is 0.378 e. The van der Waals surface area contributed by atoms with Gasteiger partial charge in [0.2, 0.25) is 0 Å². The molecule has 1 saturated heterocycles. The normalized spacial score (nSPS) is 14.8. The van der Waals surface area contributed by atoms with Crippen molar-refractivity contribution < 1.29 is 4.79 Å². The van der Waals surface area contributed by atoms with Crippen molar-refractivity contribution >= 4 is 11.6 Å². The minimum Gasteiger partial charge on any atom is -0.378 e. The average molecular weight is 389 g/mol. The fraction of sp³-hybridized carbons (Fsp3) is 0.333. The van der Waals surface area contributed by atoms with Gasteiger partial charge in [0, 0.05) is 62.9 Å². The fourth-order valence-electron chi connectivity index (χ4n) is 4.00. The molecule has 29 heavy (non-hydrogen) atoms. The Morgan fingerprint density at radius 2 is 1.83 bits per heavy atom. The third-order valence-corrected chi connectivity index (χ3v) is 5.71. The highest BCUT2D eigenvalue weighted by Gasteiger charge is 2.24. The maximum absolute atomic E-state index is 12.9. The molecule has 0 radical (unpaired) electrons. The van der Waals surface area contributed by atoms with Crippen molar-refractivity contribution in [3.8, 4) is 11.4 Å². The molecule has 1 aliphatic rings. The van der Waals surface area contributed by atoms with Gasteiger partial charge in [-0.25, -0.2) is 4.98 Å². The van der Waals surface area contributed by atoms with Gasteiger partial charge in [0.25, 0.3) is 5.91 Å². The second-order valence-electron chi connectivity index (χ2n) is 7.95. The van der Waals surface area contributed by atoms with E-state index in [4.69, 9.17) is 0 Å². The lowest BCUT2D eigenvalue weighted by Crippen LogP contribution is -2.39. The molecule has 4 rings (SSSR count). The van der Waals surface area contributed by atoms with Crippen LogP contribution in [0.3, 0.4) is 0 Å². The van der Waals surface area contributed by atoms with Crippen LogP contribution in [0.2, 0.25) is 0 Å². The highest BCUT2D eigenvalue weighted by atomic mass is 16.2. The Kier molecular flexibility index (Phi) is 5.65. The molecule has 1 aromatic heterocycles. The highest BCUT2D eigenvalue weighted by Crippen LogP contribution is 2.24. The summed E-state index contributed by atoms with van der Waals surface area (Å²) in [7, 11) is 3.99. The van der Waals surface area contributed by atoms with Gasteiger partial charge in [-0.1, -0.05) is 36.4 Å². The van der Waals surface area contributed by atoms with Crippen LogP contribution in [0.25, 0.3) is 11.4 Å². The van der Waals surface area contributed by atoms with Crippen molar-refractivity contribution in [2.45, 2.75) is 19.4 Å². The van der Waals surface area contributed by atoms with Crippen LogP contribution in [0.15, 0.2) is 67.0 Å². The Hall–Kier alpha value is -3.08. The SMILES string of the molecule is CN(C)c1cccc(C(=O)N2CCC(Cn3ccnc3-c3ccccc3)CC2)c1. The first-order chi connectivity index (χ1) is 14.1. The van der Waals surface area contributed by atoms with Gasteiger partial charge >= 0.3 is 0 Å². The molecule has 2 heterocycles. The lowest BCUT2D eigenvalue weighted by molar-refractivity contribution is 0.0683. The molecule has 0 bridgehead atoms. The van der Waals surface area contributed by atoms with Crippen molar-refractivity contribution in [2.24, 2.45) is 5.92 Å². The summed E-state index contributed by atoms with van der Waals surface area (Å²) >= 11 is 0. The standard InChI is InChI=1S/C24H28N4O/c1-26(2)22-10-6-9-21(17-22)24(29)27-14-11-19(12-15-27)18-28-16-13-25-23(28)20-7-4-3-5-8-20/h3-10,13,16-17,19H,11-12,14-15,18H2,1-2H3. The third kappa shape index (κ3) is 4.34. The minimum atomic E-state index is 0.139. The number of hydrogen-bond acceptors (Lipinski definition) is 3. The smallest absolute Gasteiger partial charge is 0.253 e. The summed E-state index contributed by atoms with van der Waals surface area (Å²) in [6.07, 6.45) is 5.97. The van der Waals surface area contributed by atoms with E-state index in [0.29, 0.717) is 5.92 Å². The highest BCUT2D eigenvalue weighted by molar-refractivity contribution is 5.95. The van der Waals surface area contributed by atoms with Crippen molar-refractivity contribution in [2.75, 3.05) is 32.1 Å². The number of amides is 1. The number of likely N-dealkylation sites (tertiary alicyclic amines) is 1. The van der Waals surface area contributed by atoms with Gasteiger partial charge in [-0.05, 0) is 37.0 Å². The van der Waals surface area contributed by atoms with Gasteiger partial charge in [-0.3, -0.25) is 4.79 Å². The summed E-state index contributed by atoms with van der Waals surface area (Å²) in [5.41, 5.74) is 2.97. The zero-order valence-electron chi connectivity index (χ0n) is 17.2. The zero-order chi connectivity index (χ0) is 20.2. The molecule has 0 spiro atoms. The van der Waals surface area contributed by atoms with E-state index in [2.05, 4.69) is 27.9 Å². The molecule has 5 nitrogen and oxygen atoms in total. The van der Waals surface area contributed by atoms with Crippen molar-refractivity contribution in [3.63, 3.8) is 0 Å². The van der Waals surface area contributed by atoms with Gasteiger partial charge < -0.3 is 14.4 Å². The van der Waals surface area contributed by atoms with E-state index in [-0.39, 0.29) is 5.91 Å². The lowest BCUT2D eigenvalue weighted by Gasteiger charge is -2.32. The van der Waals surface area contributed by atoms with Crippen LogP contribution in [0.1, 0.15) is 23.2 Å². The van der Waals surface area contributed by atoms with Crippen LogP contribution in [-0.4, -0.2) is 47.5 Å². The van der Waals surface area contributed by atoms with E-state index in [1.54, 1.807) is 0 Å². The molecule has 0 aliphatic carbocycles. The number of piperidine rings is 1. The molecule has 0 atom stereocenters. The summed E-state index contributed by atoms with van der Waals surface area (Å²) < 4.78 is 2.25. The van der Waals surface area contributed by atoms with Crippen LogP contribution in [0.5, 0.6) is 0 Å². The van der Waals surface area contributed by atoms with Gasteiger partial charge in [0.05, 0.1) is 0 Å². The molecule has 1 aliphatic heterocycles. The monoisotopic (exact) mass is 388 g/mol. The van der Waals surface area contributed by atoms with Crippen LogP contribution in [-0.2, 0) is 6.54 Å². The predicted octanol–water partition coefficient (Wildman–Crippen LogP) is 4.17. The van der Waals surface area contributed by atoms with Crippen molar-refractivity contribution in [1.29, 1.82) is 0 Å². The maximum Gasteiger partial charge on any atom is 0.253 e. The Bertz CT molecular complexity index is 956. The summed E-state index contributed by atoms with van der Waals surface area (Å²) in [4.78, 5) is 21.5. The third-order valence-electron chi connectivity index (χ3n) is 5.71. The van der Waals surface area contributed by atoms with E-state index in [0.717, 1.165) is 55.1 Å². The molecule has 0 N–H and O–H groups in total. The van der Waals surface area contributed by atoms with E-state index >= 15 is 0 Å². The molecule has 1 amide bonds. The average Bonchev–Trinajstić information content (AvgIpc) is 3.22. The van der Waals surface area contributed by atoms with Crippen LogP contribution >= 0.6 is 0 Å². The van der Waals surface area contributed by atoms with Gasteiger partial charge in [0.1, 0.15) is 5.82 Å². The fourth-order valence-corrected chi connectivity index (χ4v) is 4.00. The summed E-state index contributed by atoms with van der Waals surface area (Å²) in [6, 6.07) is 18.2. The molecule has 1 fully saturated rings. The minimum absolute atomic E-state index is 0.139. The molecule has 0 unspecified atom stereocenters. The molecule has 2 aromatic carbocycles. The molecular weight excluding hydrogens is 360 g/mol. The summed E-state index contributed by atoms with van der Waals surface area (Å²) in [5, 5.41) is 0. The van der Waals surface area contributed by atoms with Gasteiger partial charge in [-0.2, -0.15) is 0 Å². The second-order valence-corrected chi connectivity index (χ2v) is 7.95. The zero-order valence-corrected chi connectivity index (χ0v) is 17.2. The first-order valence-electron chi connectivity index (χ1n) is 10.2. The Morgan fingerprint density at radius 1 is 1.07 bits per heavy atom. The summed E-state index contributed by atoms with van der Waals surface area (Å²) in [5.74, 6) is 1.72. The molecular formula is C24H28N4O. The Morgan fingerprint density at radius 3 is 2.55 bits per heavy atom. The number of imidazole rings is 1. The van der Waals surface area contributed by atoms with Crippen LogP contribution in [0.4, 0.5) is 5.69 Å². The second kappa shape index (κ2) is 8.52. The van der Waals surface area contributed by atoms with E-state index < -0.39 is 0 Å². The van der Waals surface area contributed by atoms with E-state index in [1.807, 2.05) is 72.6 Å². The number of rotatable bonds is 5. The number of hydrogen-bond donors (Lipinski definition) is 0. The number of aromatic nitrogens is 2. The summed E-state index contributed by atoms with van der Waals surface area (Å²) in [6.45, 7) is 2.57. The van der Waals surface area contributed by atoms with Crippen LogP contribution in [0, 0.1) is 5.92 Å². The van der Waals surface area contributed by atoms with Gasteiger partial charge in [0.15, 0.2) is 0 Å². The predicted molar refractivity (Wildman–Crippen MR) is 117 cm³/mol. The van der Waals surface area contributed by atoms with Crippen molar-refractivity contribution in [3.05, 3.63) is 72.6 Å². The number of nitrogens with zero attached hydrogens (tertiary/aromatic N) is 4. The maximum atomic E-state index is 12.9. The first-order valence-corrected chi connectivity index (χ1v) is 10.2. The van der Waals surface area contributed by atoms with E-state index in [1.165, 1.54) is 0 Å². The Labute approximate surface area is 172 Å². The number of anilines is 1. The van der Waals surface area contributed by atoms with Crippen molar-refractivity contribution in [1.82, 2.24) is 14.5 Å². The topological polar surface area (TPSA) is 41.4 Å². The molecule has 3 aromatic rings. The Balaban J connectivity index is 1.38. The first kappa shape index (κ1) is 19.2.